The quantitative estimate of drug-likeness (QED) is 0.645. The van der Waals surface area contributed by atoms with Gasteiger partial charge in [0.25, 0.3) is 0 Å². The number of carbonyl (C=O) groups is 3. The second-order valence-electron chi connectivity index (χ2n) is 5.32. The monoisotopic (exact) mass is 269 g/mol. The highest BCUT2D eigenvalue weighted by Crippen LogP contribution is 2.40. The predicted molar refractivity (Wildman–Crippen MR) is 66.1 cm³/mol. The van der Waals surface area contributed by atoms with Gasteiger partial charge in [-0.2, -0.15) is 0 Å². The molecule has 19 heavy (non-hydrogen) atoms. The lowest BCUT2D eigenvalue weighted by atomic mass is 9.97. The number of nitrogens with zero attached hydrogens (tertiary/aromatic N) is 1. The number of carbonyl (C=O) groups excluding carboxylic acids is 2. The van der Waals surface area contributed by atoms with Gasteiger partial charge < -0.3 is 21.1 Å². The standard InChI is InChI=1S/C12H19N3O4/c13-12(19)14-5-7-2-1-3-15(6-7)10(16)8-4-9(8)11(17)18/h7-9H,1-6H2,(H,17,18)(H3,13,14,19). The van der Waals surface area contributed by atoms with E-state index in [0.29, 0.717) is 26.1 Å². The van der Waals surface area contributed by atoms with Crippen molar-refractivity contribution in [3.05, 3.63) is 0 Å². The van der Waals surface area contributed by atoms with Gasteiger partial charge in [-0.15, -0.1) is 0 Å². The minimum absolute atomic E-state index is 0.0591. The fraction of sp³-hybridized carbons (Fsp3) is 0.750. The summed E-state index contributed by atoms with van der Waals surface area (Å²) in [6.45, 7) is 1.71. The van der Waals surface area contributed by atoms with Gasteiger partial charge in [-0.3, -0.25) is 9.59 Å². The van der Waals surface area contributed by atoms with Crippen LogP contribution < -0.4 is 11.1 Å². The van der Waals surface area contributed by atoms with Gasteiger partial charge >= 0.3 is 12.0 Å². The SMILES string of the molecule is NC(=O)NCC1CCCN(C(=O)C2CC2C(=O)O)C1. The van der Waals surface area contributed by atoms with E-state index in [-0.39, 0.29) is 17.7 Å². The predicted octanol–water partition coefficient (Wildman–Crippen LogP) is -0.386. The summed E-state index contributed by atoms with van der Waals surface area (Å²) in [5.41, 5.74) is 5.02. The number of nitrogens with one attached hydrogen (secondary N) is 1. The van der Waals surface area contributed by atoms with Crippen molar-refractivity contribution in [1.82, 2.24) is 10.2 Å². The van der Waals surface area contributed by atoms with Gasteiger partial charge in [0, 0.05) is 19.6 Å². The third kappa shape index (κ3) is 3.36. The van der Waals surface area contributed by atoms with E-state index in [9.17, 15) is 14.4 Å². The van der Waals surface area contributed by atoms with Gasteiger partial charge in [0.1, 0.15) is 0 Å². The van der Waals surface area contributed by atoms with Crippen molar-refractivity contribution in [2.24, 2.45) is 23.5 Å². The number of likely N-dealkylation sites (tertiary alicyclic amines) is 1. The van der Waals surface area contributed by atoms with E-state index in [0.717, 1.165) is 12.8 Å². The van der Waals surface area contributed by atoms with E-state index in [1.54, 1.807) is 4.90 Å². The van der Waals surface area contributed by atoms with Crippen molar-refractivity contribution in [1.29, 1.82) is 0 Å². The molecule has 1 saturated heterocycles. The van der Waals surface area contributed by atoms with Crippen LogP contribution in [0.15, 0.2) is 0 Å². The smallest absolute Gasteiger partial charge is 0.312 e. The fourth-order valence-electron chi connectivity index (χ4n) is 2.65. The number of aliphatic carboxylic acids is 1. The molecule has 0 spiro atoms. The summed E-state index contributed by atoms with van der Waals surface area (Å²) in [6.07, 6.45) is 2.27. The zero-order chi connectivity index (χ0) is 14.0. The Morgan fingerprint density at radius 2 is 2.05 bits per heavy atom. The van der Waals surface area contributed by atoms with E-state index in [1.165, 1.54) is 0 Å². The number of urea groups is 1. The fourth-order valence-corrected chi connectivity index (χ4v) is 2.65. The minimum Gasteiger partial charge on any atom is -0.481 e. The third-order valence-electron chi connectivity index (χ3n) is 3.82. The lowest BCUT2D eigenvalue weighted by molar-refractivity contribution is -0.142. The van der Waals surface area contributed by atoms with E-state index >= 15 is 0 Å². The minimum atomic E-state index is -0.887. The molecule has 2 fully saturated rings. The molecule has 3 amide bonds. The molecule has 2 aliphatic rings. The first kappa shape index (κ1) is 13.6. The molecule has 0 aromatic rings. The molecule has 0 bridgehead atoms. The van der Waals surface area contributed by atoms with Crippen molar-refractivity contribution in [2.45, 2.75) is 19.3 Å². The zero-order valence-electron chi connectivity index (χ0n) is 10.7. The number of hydrogen-bond donors (Lipinski definition) is 3. The van der Waals surface area contributed by atoms with Crippen molar-refractivity contribution >= 4 is 17.9 Å². The van der Waals surface area contributed by atoms with Crippen LogP contribution in [0.5, 0.6) is 0 Å². The zero-order valence-corrected chi connectivity index (χ0v) is 10.7. The molecule has 1 aliphatic heterocycles. The maximum atomic E-state index is 12.1. The van der Waals surface area contributed by atoms with Crippen LogP contribution in [-0.2, 0) is 9.59 Å². The lowest BCUT2D eigenvalue weighted by Gasteiger charge is -2.33. The number of carboxylic acid groups (broad SMARTS) is 1. The number of primary amides is 1. The van der Waals surface area contributed by atoms with Crippen molar-refractivity contribution < 1.29 is 19.5 Å². The van der Waals surface area contributed by atoms with Crippen LogP contribution in [0.3, 0.4) is 0 Å². The topological polar surface area (TPSA) is 113 Å². The second kappa shape index (κ2) is 5.46. The van der Waals surface area contributed by atoms with Crippen LogP contribution in [0.1, 0.15) is 19.3 Å². The van der Waals surface area contributed by atoms with E-state index in [4.69, 9.17) is 10.8 Å². The maximum absolute atomic E-state index is 12.1. The highest BCUT2D eigenvalue weighted by molar-refractivity contribution is 5.89. The van der Waals surface area contributed by atoms with Crippen LogP contribution in [0, 0.1) is 17.8 Å². The summed E-state index contributed by atoms with van der Waals surface area (Å²) < 4.78 is 0. The Morgan fingerprint density at radius 1 is 1.32 bits per heavy atom. The normalized spacial score (nSPS) is 29.7. The molecule has 7 heteroatoms. The molecule has 4 N–H and O–H groups in total. The Bertz CT molecular complexity index is 398. The summed E-state index contributed by atoms with van der Waals surface area (Å²) >= 11 is 0. The Balaban J connectivity index is 1.82. The number of rotatable bonds is 4. The van der Waals surface area contributed by atoms with Crippen molar-refractivity contribution in [3.8, 4) is 0 Å². The van der Waals surface area contributed by atoms with Crippen LogP contribution >= 0.6 is 0 Å². The first-order valence-corrected chi connectivity index (χ1v) is 6.54. The molecular weight excluding hydrogens is 250 g/mol. The number of nitrogens with two attached hydrogens (primary N) is 1. The number of carboxylic acids is 1. The lowest BCUT2D eigenvalue weighted by Crippen LogP contribution is -2.45. The third-order valence-corrected chi connectivity index (χ3v) is 3.82. The molecule has 0 aromatic heterocycles. The summed E-state index contributed by atoms with van der Waals surface area (Å²) in [5.74, 6) is -1.59. The summed E-state index contributed by atoms with van der Waals surface area (Å²) in [4.78, 5) is 35.3. The molecule has 7 nitrogen and oxygen atoms in total. The molecular formula is C12H19N3O4. The van der Waals surface area contributed by atoms with Crippen LogP contribution in [0.25, 0.3) is 0 Å². The van der Waals surface area contributed by atoms with Crippen LogP contribution in [0.4, 0.5) is 4.79 Å². The van der Waals surface area contributed by atoms with E-state index in [2.05, 4.69) is 5.32 Å². The van der Waals surface area contributed by atoms with Gasteiger partial charge in [0.2, 0.25) is 5.91 Å². The Hall–Kier alpha value is -1.79. The van der Waals surface area contributed by atoms with Gasteiger partial charge in [0.05, 0.1) is 11.8 Å². The number of piperidine rings is 1. The average Bonchev–Trinajstić information content (AvgIpc) is 3.16. The molecule has 2 rings (SSSR count). The summed E-state index contributed by atoms with van der Waals surface area (Å²) in [7, 11) is 0. The van der Waals surface area contributed by atoms with Gasteiger partial charge in [-0.25, -0.2) is 4.79 Å². The Kier molecular flexibility index (Phi) is 3.92. The Morgan fingerprint density at radius 3 is 2.63 bits per heavy atom. The Labute approximate surface area is 111 Å². The van der Waals surface area contributed by atoms with Crippen LogP contribution in [-0.4, -0.2) is 47.5 Å². The first-order chi connectivity index (χ1) is 8.99. The van der Waals surface area contributed by atoms with Crippen molar-refractivity contribution in [2.75, 3.05) is 19.6 Å². The second-order valence-corrected chi connectivity index (χ2v) is 5.32. The largest absolute Gasteiger partial charge is 0.481 e. The molecule has 106 valence electrons. The number of amides is 3. The first-order valence-electron chi connectivity index (χ1n) is 6.54. The van der Waals surface area contributed by atoms with E-state index < -0.39 is 17.9 Å². The molecule has 0 aromatic carbocycles. The molecule has 0 radical (unpaired) electrons. The molecule has 3 unspecified atom stereocenters. The van der Waals surface area contributed by atoms with Gasteiger partial charge in [-0.1, -0.05) is 0 Å². The van der Waals surface area contributed by atoms with Gasteiger partial charge in [-0.05, 0) is 25.2 Å². The van der Waals surface area contributed by atoms with E-state index in [1.807, 2.05) is 0 Å². The maximum Gasteiger partial charge on any atom is 0.312 e. The van der Waals surface area contributed by atoms with Crippen molar-refractivity contribution in [3.63, 3.8) is 0 Å². The average molecular weight is 269 g/mol. The molecule has 1 heterocycles. The summed E-state index contributed by atoms with van der Waals surface area (Å²) in [6, 6.07) is -0.559. The molecule has 1 saturated carbocycles. The highest BCUT2D eigenvalue weighted by Gasteiger charge is 2.50. The highest BCUT2D eigenvalue weighted by atomic mass is 16.4. The summed E-state index contributed by atoms with van der Waals surface area (Å²) in [5, 5.41) is 11.4. The number of hydrogen-bond acceptors (Lipinski definition) is 3. The van der Waals surface area contributed by atoms with Gasteiger partial charge in [0.15, 0.2) is 0 Å². The van der Waals surface area contributed by atoms with Crippen LogP contribution in [0.2, 0.25) is 0 Å². The molecule has 1 aliphatic carbocycles. The molecule has 3 atom stereocenters.